The van der Waals surface area contributed by atoms with Gasteiger partial charge in [0, 0.05) is 6.07 Å². The fourth-order valence-corrected chi connectivity index (χ4v) is 1.59. The van der Waals surface area contributed by atoms with Crippen molar-refractivity contribution < 1.29 is 26.2 Å². The molecule has 1 aromatic heterocycles. The third kappa shape index (κ3) is 3.28. The van der Waals surface area contributed by atoms with Crippen molar-refractivity contribution >= 4 is 5.91 Å². The van der Waals surface area contributed by atoms with Crippen LogP contribution in [0, 0.1) is 5.82 Å². The first-order valence-corrected chi connectivity index (χ1v) is 5.19. The fourth-order valence-electron chi connectivity index (χ4n) is 1.59. The molecule has 0 fully saturated rings. The molecule has 1 aromatic carbocycles. The number of benzene rings is 1. The van der Waals surface area contributed by atoms with Gasteiger partial charge in [-0.25, -0.2) is 4.39 Å². The Morgan fingerprint density at radius 1 is 1.22 bits per heavy atom. The Balaban J connectivity index is 0.00000162. The van der Waals surface area contributed by atoms with Crippen molar-refractivity contribution in [1.82, 2.24) is 0 Å². The molecule has 0 bridgehead atoms. The third-order valence-electron chi connectivity index (χ3n) is 2.45. The predicted molar refractivity (Wildman–Crippen MR) is 60.7 cm³/mol. The van der Waals surface area contributed by atoms with Gasteiger partial charge < -0.3 is 18.1 Å². The Bertz CT molecular complexity index is 560. The van der Waals surface area contributed by atoms with E-state index in [1.807, 2.05) is 0 Å². The van der Waals surface area contributed by atoms with Crippen LogP contribution in [0.5, 0.6) is 0 Å². The van der Waals surface area contributed by atoms with E-state index in [1.165, 1.54) is 6.07 Å². The summed E-state index contributed by atoms with van der Waals surface area (Å²) in [5, 5.41) is 0. The largest absolute Gasteiger partial charge is 1.00 e. The van der Waals surface area contributed by atoms with E-state index in [-0.39, 0.29) is 18.2 Å². The predicted octanol–water partition coefficient (Wildman–Crippen LogP) is -1.74. The van der Waals surface area contributed by atoms with Crippen LogP contribution in [0.25, 0.3) is 0 Å². The first-order chi connectivity index (χ1) is 8.16. The molecule has 1 amide bonds. The van der Waals surface area contributed by atoms with Crippen LogP contribution < -0.4 is 22.7 Å². The lowest BCUT2D eigenvalue weighted by atomic mass is 10.2. The van der Waals surface area contributed by atoms with E-state index in [0.29, 0.717) is 17.7 Å². The zero-order valence-corrected chi connectivity index (χ0v) is 10.3. The lowest BCUT2D eigenvalue weighted by molar-refractivity contribution is -0.688. The minimum atomic E-state index is -0.493. The monoisotopic (exact) mass is 266 g/mol. The van der Waals surface area contributed by atoms with E-state index in [2.05, 4.69) is 0 Å². The van der Waals surface area contributed by atoms with Crippen LogP contribution >= 0.6 is 0 Å². The quantitative estimate of drug-likeness (QED) is 0.659. The maximum atomic E-state index is 13.4. The minimum absolute atomic E-state index is 0. The average Bonchev–Trinajstić information content (AvgIpc) is 2.32. The molecule has 0 aliphatic heterocycles. The fraction of sp³-hybridized carbons (Fsp3) is 0.0769. The molecule has 0 aliphatic carbocycles. The zero-order valence-electron chi connectivity index (χ0n) is 9.51. The van der Waals surface area contributed by atoms with Gasteiger partial charge in [-0.3, -0.25) is 4.79 Å². The first-order valence-electron chi connectivity index (χ1n) is 5.19. The minimum Gasteiger partial charge on any atom is -1.00 e. The lowest BCUT2D eigenvalue weighted by Gasteiger charge is -2.00. The van der Waals surface area contributed by atoms with Crippen LogP contribution in [0.3, 0.4) is 0 Å². The van der Waals surface area contributed by atoms with Crippen LogP contribution in [-0.2, 0) is 6.54 Å². The van der Waals surface area contributed by atoms with Gasteiger partial charge in [0.25, 0.3) is 5.91 Å². The molecule has 2 N–H and O–H groups in total. The summed E-state index contributed by atoms with van der Waals surface area (Å²) < 4.78 is 15.2. The maximum Gasteiger partial charge on any atom is 0.254 e. The first kappa shape index (κ1) is 14.1. The van der Waals surface area contributed by atoms with Gasteiger partial charge in [-0.15, -0.1) is 0 Å². The number of nitrogens with two attached hydrogens (primary N) is 1. The average molecular weight is 267 g/mol. The van der Waals surface area contributed by atoms with Crippen molar-refractivity contribution in [3.63, 3.8) is 0 Å². The number of amides is 1. The van der Waals surface area contributed by atoms with E-state index >= 15 is 0 Å². The molecule has 0 saturated heterocycles. The molecule has 94 valence electrons. The molecule has 2 rings (SSSR count). The third-order valence-corrected chi connectivity index (χ3v) is 2.45. The number of hydrogen-bond donors (Lipinski definition) is 1. The van der Waals surface area contributed by atoms with Gasteiger partial charge in [0.05, 0.1) is 5.56 Å². The highest BCUT2D eigenvalue weighted by molar-refractivity contribution is 5.92. The normalized spacial score (nSPS) is 9.61. The van der Waals surface area contributed by atoms with Gasteiger partial charge in [-0.2, -0.15) is 4.57 Å². The number of primary amides is 1. The van der Waals surface area contributed by atoms with Gasteiger partial charge in [-0.1, -0.05) is 12.1 Å². The second-order valence-electron chi connectivity index (χ2n) is 3.72. The molecule has 0 unspecified atom stereocenters. The van der Waals surface area contributed by atoms with Crippen LogP contribution in [0.2, 0.25) is 0 Å². The molecule has 0 spiro atoms. The highest BCUT2D eigenvalue weighted by atomic mass is 35.5. The second kappa shape index (κ2) is 6.12. The highest BCUT2D eigenvalue weighted by Gasteiger charge is 2.10. The number of hydrogen-bond acceptors (Lipinski definition) is 1. The highest BCUT2D eigenvalue weighted by Crippen LogP contribution is 2.05. The topological polar surface area (TPSA) is 47.0 Å². The lowest BCUT2D eigenvalue weighted by Crippen LogP contribution is -3.00. The SMILES string of the molecule is NC(=O)c1ccc[n+](Cc2ccccc2F)c1.[Cl-]. The Labute approximate surface area is 110 Å². The summed E-state index contributed by atoms with van der Waals surface area (Å²) in [6.07, 6.45) is 3.37. The second-order valence-corrected chi connectivity index (χ2v) is 3.72. The van der Waals surface area contributed by atoms with Gasteiger partial charge in [0.1, 0.15) is 11.4 Å². The number of carbonyl (C=O) groups excluding carboxylic acids is 1. The van der Waals surface area contributed by atoms with Crippen molar-refractivity contribution in [2.24, 2.45) is 5.73 Å². The zero-order chi connectivity index (χ0) is 12.3. The summed E-state index contributed by atoms with van der Waals surface area (Å²) in [5.41, 5.74) is 6.15. The molecule has 3 nitrogen and oxygen atoms in total. The Morgan fingerprint density at radius 2 is 1.94 bits per heavy atom. The van der Waals surface area contributed by atoms with Crippen LogP contribution in [-0.4, -0.2) is 5.91 Å². The molecule has 0 saturated carbocycles. The smallest absolute Gasteiger partial charge is 0.254 e. The van der Waals surface area contributed by atoms with Crippen molar-refractivity contribution in [3.8, 4) is 0 Å². The molecule has 0 atom stereocenters. The summed E-state index contributed by atoms with van der Waals surface area (Å²) in [6.45, 7) is 0.369. The summed E-state index contributed by atoms with van der Waals surface area (Å²) in [4.78, 5) is 11.0. The van der Waals surface area contributed by atoms with E-state index in [4.69, 9.17) is 5.73 Å². The number of pyridine rings is 1. The number of halogens is 2. The van der Waals surface area contributed by atoms with Crippen LogP contribution in [0.1, 0.15) is 15.9 Å². The number of rotatable bonds is 3. The van der Waals surface area contributed by atoms with Gasteiger partial charge in [0.15, 0.2) is 18.9 Å². The van der Waals surface area contributed by atoms with Crippen molar-refractivity contribution in [2.45, 2.75) is 6.54 Å². The van der Waals surface area contributed by atoms with Crippen molar-refractivity contribution in [1.29, 1.82) is 0 Å². The van der Waals surface area contributed by atoms with Crippen LogP contribution in [0.15, 0.2) is 48.8 Å². The van der Waals surface area contributed by atoms with Crippen molar-refractivity contribution in [3.05, 3.63) is 65.7 Å². The summed E-state index contributed by atoms with van der Waals surface area (Å²) >= 11 is 0. The summed E-state index contributed by atoms with van der Waals surface area (Å²) in [5.74, 6) is -0.752. The van der Waals surface area contributed by atoms with Gasteiger partial charge >= 0.3 is 0 Å². The van der Waals surface area contributed by atoms with Gasteiger partial charge in [-0.05, 0) is 18.2 Å². The Kier molecular flexibility index (Phi) is 4.80. The molecule has 0 radical (unpaired) electrons. The molecule has 18 heavy (non-hydrogen) atoms. The maximum absolute atomic E-state index is 13.4. The standard InChI is InChI=1S/C13H11FN2O.ClH/c14-12-6-2-1-4-10(12)8-16-7-3-5-11(9-16)13(15)17;/h1-7,9H,8H2,(H-,15,17);1H. The number of aromatic nitrogens is 1. The van der Waals surface area contributed by atoms with E-state index in [1.54, 1.807) is 47.3 Å². The van der Waals surface area contributed by atoms with Crippen LogP contribution in [0.4, 0.5) is 4.39 Å². The summed E-state index contributed by atoms with van der Waals surface area (Å²) in [6, 6.07) is 9.87. The summed E-state index contributed by atoms with van der Waals surface area (Å²) in [7, 11) is 0. The van der Waals surface area contributed by atoms with E-state index in [9.17, 15) is 9.18 Å². The van der Waals surface area contributed by atoms with Gasteiger partial charge in [0.2, 0.25) is 0 Å². The number of carbonyl (C=O) groups is 1. The van der Waals surface area contributed by atoms with E-state index in [0.717, 1.165) is 0 Å². The molecule has 2 aromatic rings. The van der Waals surface area contributed by atoms with E-state index < -0.39 is 5.91 Å². The number of nitrogens with zero attached hydrogens (tertiary/aromatic N) is 1. The molecular weight excluding hydrogens is 255 g/mol. The molecular formula is C13H12ClFN2O. The van der Waals surface area contributed by atoms with Crippen molar-refractivity contribution in [2.75, 3.05) is 0 Å². The Hall–Kier alpha value is -1.94. The molecule has 5 heteroatoms. The Morgan fingerprint density at radius 3 is 2.61 bits per heavy atom. The molecule has 0 aliphatic rings. The molecule has 1 heterocycles.